The lowest BCUT2D eigenvalue weighted by Gasteiger charge is -2.22. The molecular formula is C23H31N3O4. The highest BCUT2D eigenvalue weighted by Gasteiger charge is 2.34. The summed E-state index contributed by atoms with van der Waals surface area (Å²) in [6.07, 6.45) is 2.99. The molecule has 0 fully saturated rings. The number of pyridine rings is 1. The number of carbonyl (C=O) groups is 2. The van der Waals surface area contributed by atoms with E-state index in [2.05, 4.69) is 11.9 Å². The third kappa shape index (κ3) is 4.97. The fourth-order valence-corrected chi connectivity index (χ4v) is 3.24. The van der Waals surface area contributed by atoms with Crippen molar-refractivity contribution in [1.82, 2.24) is 4.98 Å². The SMILES string of the molecule is CC.CCC1(C)OCc2cnc(C(N)=O)cc21.CN1C(=O)CCOc2ccccc21. The summed E-state index contributed by atoms with van der Waals surface area (Å²) in [5, 5.41) is 0. The highest BCUT2D eigenvalue weighted by Crippen LogP contribution is 2.38. The smallest absolute Gasteiger partial charge is 0.267 e. The molecule has 0 saturated carbocycles. The van der Waals surface area contributed by atoms with Crippen LogP contribution in [0.3, 0.4) is 0 Å². The summed E-state index contributed by atoms with van der Waals surface area (Å²) in [5.74, 6) is 0.393. The Balaban J connectivity index is 0.000000199. The molecule has 1 unspecified atom stereocenters. The van der Waals surface area contributed by atoms with Crippen molar-refractivity contribution in [3.05, 3.63) is 53.3 Å². The number of hydrogen-bond acceptors (Lipinski definition) is 5. The van der Waals surface area contributed by atoms with E-state index < -0.39 is 5.91 Å². The van der Waals surface area contributed by atoms with Crippen LogP contribution in [0.2, 0.25) is 0 Å². The molecule has 2 aliphatic rings. The fraction of sp³-hybridized carbons (Fsp3) is 0.435. The lowest BCUT2D eigenvalue weighted by molar-refractivity contribution is -0.118. The van der Waals surface area contributed by atoms with Crippen LogP contribution in [0.25, 0.3) is 0 Å². The molecule has 2 aliphatic heterocycles. The van der Waals surface area contributed by atoms with Gasteiger partial charge in [0, 0.05) is 18.8 Å². The van der Waals surface area contributed by atoms with Gasteiger partial charge in [0.2, 0.25) is 5.91 Å². The molecule has 1 atom stereocenters. The highest BCUT2D eigenvalue weighted by molar-refractivity contribution is 5.95. The molecule has 2 amide bonds. The second-order valence-corrected chi connectivity index (χ2v) is 6.98. The van der Waals surface area contributed by atoms with Crippen molar-refractivity contribution in [2.45, 2.75) is 52.7 Å². The first kappa shape index (κ1) is 23.3. The lowest BCUT2D eigenvalue weighted by atomic mass is 9.92. The summed E-state index contributed by atoms with van der Waals surface area (Å²) >= 11 is 0. The number of hydrogen-bond donors (Lipinski definition) is 1. The second kappa shape index (κ2) is 10.2. The minimum atomic E-state index is -0.497. The van der Waals surface area contributed by atoms with E-state index in [0.29, 0.717) is 25.3 Å². The van der Waals surface area contributed by atoms with Crippen LogP contribution in [0.5, 0.6) is 5.75 Å². The van der Waals surface area contributed by atoms with Crippen molar-refractivity contribution >= 4 is 17.5 Å². The van der Waals surface area contributed by atoms with Crippen molar-refractivity contribution in [2.24, 2.45) is 5.73 Å². The molecule has 0 bridgehead atoms. The van der Waals surface area contributed by atoms with Gasteiger partial charge in [-0.05, 0) is 37.1 Å². The highest BCUT2D eigenvalue weighted by atomic mass is 16.5. The zero-order chi connectivity index (χ0) is 22.3. The summed E-state index contributed by atoms with van der Waals surface area (Å²) in [6, 6.07) is 9.32. The van der Waals surface area contributed by atoms with E-state index in [9.17, 15) is 9.59 Å². The summed E-state index contributed by atoms with van der Waals surface area (Å²) in [6.45, 7) is 9.11. The normalized spacial score (nSPS) is 19.1. The van der Waals surface area contributed by atoms with Gasteiger partial charge < -0.3 is 20.1 Å². The lowest BCUT2D eigenvalue weighted by Crippen LogP contribution is -2.24. The van der Waals surface area contributed by atoms with Crippen molar-refractivity contribution in [2.75, 3.05) is 18.6 Å². The van der Waals surface area contributed by atoms with Gasteiger partial charge in [-0.1, -0.05) is 32.9 Å². The summed E-state index contributed by atoms with van der Waals surface area (Å²) in [5.41, 5.74) is 8.13. The van der Waals surface area contributed by atoms with Crippen LogP contribution in [0.15, 0.2) is 36.5 Å². The molecule has 7 heteroatoms. The van der Waals surface area contributed by atoms with E-state index in [-0.39, 0.29) is 11.5 Å². The molecule has 1 aromatic carbocycles. The van der Waals surface area contributed by atoms with E-state index in [1.807, 2.05) is 45.0 Å². The molecule has 0 saturated heterocycles. The summed E-state index contributed by atoms with van der Waals surface area (Å²) in [7, 11) is 1.77. The van der Waals surface area contributed by atoms with E-state index in [0.717, 1.165) is 29.0 Å². The number of amides is 2. The Bertz CT molecular complexity index is 900. The Kier molecular flexibility index (Phi) is 7.94. The van der Waals surface area contributed by atoms with Crippen molar-refractivity contribution in [3.8, 4) is 5.75 Å². The van der Waals surface area contributed by atoms with Gasteiger partial charge in [-0.2, -0.15) is 0 Å². The Morgan fingerprint density at radius 3 is 2.67 bits per heavy atom. The van der Waals surface area contributed by atoms with Gasteiger partial charge >= 0.3 is 0 Å². The first-order valence-electron chi connectivity index (χ1n) is 10.3. The number of rotatable bonds is 2. The molecule has 0 spiro atoms. The number of nitrogens with two attached hydrogens (primary N) is 1. The van der Waals surface area contributed by atoms with Crippen LogP contribution in [-0.2, 0) is 21.7 Å². The minimum absolute atomic E-state index is 0.102. The molecule has 0 aliphatic carbocycles. The van der Waals surface area contributed by atoms with Crippen LogP contribution in [0.4, 0.5) is 5.69 Å². The molecule has 2 N–H and O–H groups in total. The van der Waals surface area contributed by atoms with Crippen molar-refractivity contribution < 1.29 is 19.1 Å². The first-order chi connectivity index (χ1) is 14.4. The molecule has 3 heterocycles. The number of benzene rings is 1. The minimum Gasteiger partial charge on any atom is -0.491 e. The largest absolute Gasteiger partial charge is 0.491 e. The van der Waals surface area contributed by atoms with Gasteiger partial charge in [-0.25, -0.2) is 0 Å². The number of para-hydroxylation sites is 2. The van der Waals surface area contributed by atoms with E-state index in [4.69, 9.17) is 15.2 Å². The predicted molar refractivity (Wildman–Crippen MR) is 116 cm³/mol. The number of anilines is 1. The molecule has 30 heavy (non-hydrogen) atoms. The standard InChI is InChI=1S/C11H14N2O2.C10H11NO2.C2H6/c1-3-11(2)8-4-9(10(12)14)13-5-7(8)6-15-11;1-11-8-4-2-3-5-9(8)13-7-6-10(11)12;1-2/h4-5H,3,6H2,1-2H3,(H2,12,14);2-5H,6-7H2,1H3;1-2H3. The van der Waals surface area contributed by atoms with Crippen LogP contribution in [-0.4, -0.2) is 30.5 Å². The Morgan fingerprint density at radius 1 is 1.30 bits per heavy atom. The van der Waals surface area contributed by atoms with Gasteiger partial charge in [0.15, 0.2) is 0 Å². The van der Waals surface area contributed by atoms with Gasteiger partial charge in [-0.3, -0.25) is 14.6 Å². The average Bonchev–Trinajstić information content (AvgIpc) is 3.04. The van der Waals surface area contributed by atoms with E-state index >= 15 is 0 Å². The Hall–Kier alpha value is -2.93. The first-order valence-corrected chi connectivity index (χ1v) is 10.3. The van der Waals surface area contributed by atoms with E-state index in [1.165, 1.54) is 0 Å². The maximum atomic E-state index is 11.4. The molecule has 7 nitrogen and oxygen atoms in total. The fourth-order valence-electron chi connectivity index (χ4n) is 3.24. The van der Waals surface area contributed by atoms with Gasteiger partial charge in [0.1, 0.15) is 11.4 Å². The molecule has 162 valence electrons. The third-order valence-electron chi connectivity index (χ3n) is 5.20. The third-order valence-corrected chi connectivity index (χ3v) is 5.20. The molecule has 2 aromatic rings. The van der Waals surface area contributed by atoms with Gasteiger partial charge in [0.25, 0.3) is 5.91 Å². The van der Waals surface area contributed by atoms with Crippen LogP contribution < -0.4 is 15.4 Å². The molecular weight excluding hydrogens is 382 g/mol. The maximum Gasteiger partial charge on any atom is 0.267 e. The zero-order valence-electron chi connectivity index (χ0n) is 18.4. The Morgan fingerprint density at radius 2 is 2.00 bits per heavy atom. The molecule has 0 radical (unpaired) electrons. The Labute approximate surface area is 178 Å². The summed E-state index contributed by atoms with van der Waals surface area (Å²) in [4.78, 5) is 28.1. The predicted octanol–water partition coefficient (Wildman–Crippen LogP) is 3.79. The van der Waals surface area contributed by atoms with Crippen molar-refractivity contribution in [3.63, 3.8) is 0 Å². The average molecular weight is 414 g/mol. The number of ether oxygens (including phenoxy) is 2. The van der Waals surface area contributed by atoms with Crippen molar-refractivity contribution in [1.29, 1.82) is 0 Å². The maximum absolute atomic E-state index is 11.4. The quantitative estimate of drug-likeness (QED) is 0.808. The molecule has 1 aromatic heterocycles. The number of nitrogens with zero attached hydrogens (tertiary/aromatic N) is 2. The van der Waals surface area contributed by atoms with E-state index in [1.54, 1.807) is 24.2 Å². The molecule has 4 rings (SSSR count). The second-order valence-electron chi connectivity index (χ2n) is 6.98. The zero-order valence-corrected chi connectivity index (χ0v) is 18.4. The van der Waals surface area contributed by atoms with Crippen LogP contribution >= 0.6 is 0 Å². The van der Waals surface area contributed by atoms with Crippen LogP contribution in [0.1, 0.15) is 62.2 Å². The summed E-state index contributed by atoms with van der Waals surface area (Å²) < 4.78 is 11.1. The number of carbonyl (C=O) groups excluding carboxylic acids is 2. The van der Waals surface area contributed by atoms with Crippen LogP contribution in [0, 0.1) is 0 Å². The van der Waals surface area contributed by atoms with Gasteiger partial charge in [0.05, 0.1) is 30.9 Å². The monoisotopic (exact) mass is 413 g/mol. The topological polar surface area (TPSA) is 94.8 Å². The number of fused-ring (bicyclic) bond motifs is 2. The van der Waals surface area contributed by atoms with Gasteiger partial charge in [-0.15, -0.1) is 0 Å². The number of aromatic nitrogens is 1. The number of primary amides is 1.